The van der Waals surface area contributed by atoms with Crippen LogP contribution in [0.5, 0.6) is 0 Å². The number of aryl methyl sites for hydroxylation is 2. The first-order valence-corrected chi connectivity index (χ1v) is 7.45. The Bertz CT molecular complexity index is 380. The maximum Gasteiger partial charge on any atom is 0.0624 e. The predicted molar refractivity (Wildman–Crippen MR) is 74.4 cm³/mol. The molecule has 17 heavy (non-hydrogen) atoms. The van der Waals surface area contributed by atoms with Crippen LogP contribution in [0, 0.1) is 0 Å². The van der Waals surface area contributed by atoms with Gasteiger partial charge in [-0.3, -0.25) is 4.68 Å². The van der Waals surface area contributed by atoms with Crippen molar-refractivity contribution in [2.24, 2.45) is 12.8 Å². The fourth-order valence-corrected chi connectivity index (χ4v) is 3.81. The number of thioether (sulfide) groups is 1. The summed E-state index contributed by atoms with van der Waals surface area (Å²) in [5.41, 5.74) is 8.84. The summed E-state index contributed by atoms with van der Waals surface area (Å²) in [6.45, 7) is 4.45. The third-order valence-corrected chi connectivity index (χ3v) is 5.51. The van der Waals surface area contributed by atoms with Gasteiger partial charge in [0, 0.05) is 30.0 Å². The van der Waals surface area contributed by atoms with E-state index in [1.165, 1.54) is 30.0 Å². The summed E-state index contributed by atoms with van der Waals surface area (Å²) >= 11 is 2.04. The fourth-order valence-electron chi connectivity index (χ4n) is 2.47. The van der Waals surface area contributed by atoms with Crippen LogP contribution in [0.4, 0.5) is 0 Å². The van der Waals surface area contributed by atoms with Crippen molar-refractivity contribution >= 4 is 11.8 Å². The van der Waals surface area contributed by atoms with E-state index in [0.717, 1.165) is 12.8 Å². The van der Waals surface area contributed by atoms with Crippen molar-refractivity contribution in [1.29, 1.82) is 0 Å². The number of hydrogen-bond donors (Lipinski definition) is 1. The largest absolute Gasteiger partial charge is 0.326 e. The summed E-state index contributed by atoms with van der Waals surface area (Å²) in [4.78, 5) is 0. The van der Waals surface area contributed by atoms with E-state index in [-0.39, 0.29) is 10.8 Å². The van der Waals surface area contributed by atoms with Gasteiger partial charge in [0.15, 0.2) is 0 Å². The molecule has 2 atom stereocenters. The van der Waals surface area contributed by atoms with Crippen molar-refractivity contribution in [3.05, 3.63) is 17.5 Å². The van der Waals surface area contributed by atoms with Gasteiger partial charge in [0.05, 0.1) is 5.69 Å². The minimum absolute atomic E-state index is 0.232. The quantitative estimate of drug-likeness (QED) is 0.894. The van der Waals surface area contributed by atoms with Gasteiger partial charge in [-0.05, 0) is 38.0 Å². The maximum atomic E-state index is 6.40. The Balaban J connectivity index is 2.06. The van der Waals surface area contributed by atoms with Gasteiger partial charge in [0.1, 0.15) is 0 Å². The van der Waals surface area contributed by atoms with Crippen LogP contribution in [0.1, 0.15) is 38.1 Å². The van der Waals surface area contributed by atoms with Gasteiger partial charge in [-0.25, -0.2) is 0 Å². The zero-order valence-corrected chi connectivity index (χ0v) is 11.9. The van der Waals surface area contributed by atoms with Crippen molar-refractivity contribution in [2.75, 3.05) is 5.75 Å². The second-order valence-corrected chi connectivity index (χ2v) is 6.81. The van der Waals surface area contributed by atoms with Gasteiger partial charge in [0.2, 0.25) is 0 Å². The van der Waals surface area contributed by atoms with Crippen LogP contribution in [-0.4, -0.2) is 26.3 Å². The highest BCUT2D eigenvalue weighted by Gasteiger charge is 2.36. The second kappa shape index (κ2) is 5.02. The molecule has 3 nitrogen and oxygen atoms in total. The van der Waals surface area contributed by atoms with E-state index in [1.54, 1.807) is 0 Å². The lowest BCUT2D eigenvalue weighted by Gasteiger charge is -2.30. The Morgan fingerprint density at radius 3 is 2.94 bits per heavy atom. The molecule has 1 aliphatic rings. The molecular formula is C13H23N3S. The fraction of sp³-hybridized carbons (Fsp3) is 0.769. The molecule has 1 saturated heterocycles. The summed E-state index contributed by atoms with van der Waals surface area (Å²) in [5.74, 6) is 1.26. The summed E-state index contributed by atoms with van der Waals surface area (Å²) in [7, 11) is 2.02. The van der Waals surface area contributed by atoms with Crippen molar-refractivity contribution in [2.45, 2.75) is 50.3 Å². The highest BCUT2D eigenvalue weighted by atomic mass is 32.2. The lowest BCUT2D eigenvalue weighted by Crippen LogP contribution is -2.43. The summed E-state index contributed by atoms with van der Waals surface area (Å²) in [6, 6.07) is 2.43. The van der Waals surface area contributed by atoms with Gasteiger partial charge in [-0.2, -0.15) is 16.9 Å². The molecule has 2 N–H and O–H groups in total. The van der Waals surface area contributed by atoms with E-state index >= 15 is 0 Å². The molecule has 1 fully saturated rings. The Labute approximate surface area is 108 Å². The van der Waals surface area contributed by atoms with Crippen LogP contribution < -0.4 is 5.73 Å². The number of nitrogens with two attached hydrogens (primary N) is 1. The molecule has 2 rings (SSSR count). The molecule has 96 valence electrons. The Kier molecular flexibility index (Phi) is 3.83. The van der Waals surface area contributed by atoms with Gasteiger partial charge < -0.3 is 5.73 Å². The molecule has 0 bridgehead atoms. The van der Waals surface area contributed by atoms with Gasteiger partial charge in [-0.1, -0.05) is 6.92 Å². The van der Waals surface area contributed by atoms with E-state index in [2.05, 4.69) is 25.0 Å². The predicted octanol–water partition coefficient (Wildman–Crippen LogP) is 2.14. The van der Waals surface area contributed by atoms with Crippen molar-refractivity contribution in [3.63, 3.8) is 0 Å². The molecule has 1 aromatic heterocycles. The molecule has 2 heterocycles. The van der Waals surface area contributed by atoms with Crippen molar-refractivity contribution < 1.29 is 0 Å². The maximum absolute atomic E-state index is 6.40. The molecule has 4 heteroatoms. The minimum atomic E-state index is 0.232. The lowest BCUT2D eigenvalue weighted by molar-refractivity contribution is 0.471. The molecule has 0 aliphatic carbocycles. The molecule has 0 amide bonds. The third-order valence-electron chi connectivity index (χ3n) is 3.85. The average Bonchev–Trinajstić information content (AvgIpc) is 2.87. The minimum Gasteiger partial charge on any atom is -0.326 e. The van der Waals surface area contributed by atoms with Crippen LogP contribution in [0.3, 0.4) is 0 Å². The molecule has 1 aromatic rings. The highest BCUT2D eigenvalue weighted by molar-refractivity contribution is 8.00. The van der Waals surface area contributed by atoms with E-state index < -0.39 is 0 Å². The van der Waals surface area contributed by atoms with Crippen LogP contribution >= 0.6 is 11.8 Å². The van der Waals surface area contributed by atoms with E-state index in [1.807, 2.05) is 23.5 Å². The topological polar surface area (TPSA) is 43.8 Å². The molecular weight excluding hydrogens is 230 g/mol. The van der Waals surface area contributed by atoms with Crippen LogP contribution in [-0.2, 0) is 19.9 Å². The number of aromatic nitrogens is 2. The summed E-state index contributed by atoms with van der Waals surface area (Å²) in [5, 5.41) is 4.49. The summed E-state index contributed by atoms with van der Waals surface area (Å²) in [6.07, 6.45) is 4.49. The molecule has 2 unspecified atom stereocenters. The third kappa shape index (κ3) is 2.68. The van der Waals surface area contributed by atoms with E-state index in [4.69, 9.17) is 5.73 Å². The first-order chi connectivity index (χ1) is 8.05. The number of hydrogen-bond acceptors (Lipinski definition) is 3. The number of nitrogens with zero attached hydrogens (tertiary/aromatic N) is 2. The second-order valence-electron chi connectivity index (χ2n) is 5.18. The van der Waals surface area contributed by atoms with Gasteiger partial charge >= 0.3 is 0 Å². The van der Waals surface area contributed by atoms with Gasteiger partial charge in [-0.15, -0.1) is 0 Å². The zero-order valence-electron chi connectivity index (χ0n) is 11.1. The van der Waals surface area contributed by atoms with E-state index in [9.17, 15) is 0 Å². The number of rotatable bonds is 4. The average molecular weight is 253 g/mol. The van der Waals surface area contributed by atoms with Crippen molar-refractivity contribution in [1.82, 2.24) is 9.78 Å². The van der Waals surface area contributed by atoms with Gasteiger partial charge in [0.25, 0.3) is 0 Å². The normalized spacial score (nSPS) is 26.4. The lowest BCUT2D eigenvalue weighted by atomic mass is 9.93. The highest BCUT2D eigenvalue weighted by Crippen LogP contribution is 2.40. The van der Waals surface area contributed by atoms with Crippen molar-refractivity contribution in [3.8, 4) is 0 Å². The zero-order chi connectivity index (χ0) is 12.5. The Morgan fingerprint density at radius 1 is 1.65 bits per heavy atom. The molecule has 0 aromatic carbocycles. The smallest absolute Gasteiger partial charge is 0.0624 e. The Morgan fingerprint density at radius 2 is 2.41 bits per heavy atom. The molecule has 0 spiro atoms. The van der Waals surface area contributed by atoms with Crippen LogP contribution in [0.15, 0.2) is 6.07 Å². The Hall–Kier alpha value is -0.480. The monoisotopic (exact) mass is 253 g/mol. The van der Waals surface area contributed by atoms with E-state index in [0.29, 0.717) is 0 Å². The first kappa shape index (κ1) is 13.0. The summed E-state index contributed by atoms with van der Waals surface area (Å²) < 4.78 is 2.25. The molecule has 1 aliphatic heterocycles. The standard InChI is InChI=1S/C13H23N3S/c1-4-10-8-11(16(3)15-10)9-12(14)13(2)6-5-7-17-13/h8,12H,4-7,9,14H2,1-3H3. The van der Waals surface area contributed by atoms with Crippen LogP contribution in [0.2, 0.25) is 0 Å². The first-order valence-electron chi connectivity index (χ1n) is 6.46. The van der Waals surface area contributed by atoms with Crippen LogP contribution in [0.25, 0.3) is 0 Å². The SMILES string of the molecule is CCc1cc(CC(N)C2(C)CCCS2)n(C)n1. The molecule has 0 saturated carbocycles. The molecule has 0 radical (unpaired) electrons.